The molecule has 27 heavy (non-hydrogen) atoms. The number of methoxy groups -OCH3 is 1. The SMILES string of the molecule is COc1ccc2cc(-c3ccc(NS(=O)(=O)C(F)(F)F)cc3)ncc2c1O. The molecule has 0 unspecified atom stereocenters. The molecular formula is C17H13F3N2O4S. The van der Waals surface area contributed by atoms with E-state index < -0.39 is 15.5 Å². The second-order valence-corrected chi connectivity index (χ2v) is 7.21. The third-order valence-corrected chi connectivity index (χ3v) is 4.91. The molecule has 1 heterocycles. The first-order valence-electron chi connectivity index (χ1n) is 7.47. The molecule has 0 bridgehead atoms. The smallest absolute Gasteiger partial charge is 0.504 e. The van der Waals surface area contributed by atoms with E-state index in [1.165, 1.54) is 42.3 Å². The van der Waals surface area contributed by atoms with Gasteiger partial charge in [0.25, 0.3) is 0 Å². The third kappa shape index (κ3) is 3.61. The average molecular weight is 398 g/mol. The second kappa shape index (κ2) is 6.62. The number of ether oxygens (including phenoxy) is 1. The Hall–Kier alpha value is -3.01. The van der Waals surface area contributed by atoms with Crippen molar-refractivity contribution in [1.82, 2.24) is 4.98 Å². The monoisotopic (exact) mass is 398 g/mol. The van der Waals surface area contributed by atoms with Gasteiger partial charge in [-0.25, -0.2) is 0 Å². The van der Waals surface area contributed by atoms with Gasteiger partial charge in [0.05, 0.1) is 12.8 Å². The van der Waals surface area contributed by atoms with E-state index in [1.807, 2.05) is 0 Å². The van der Waals surface area contributed by atoms with Crippen LogP contribution in [0.2, 0.25) is 0 Å². The number of sulfonamides is 1. The first-order valence-corrected chi connectivity index (χ1v) is 8.96. The molecule has 10 heteroatoms. The molecule has 2 N–H and O–H groups in total. The molecule has 0 spiro atoms. The molecule has 0 saturated carbocycles. The van der Waals surface area contributed by atoms with Crippen LogP contribution in [0, 0.1) is 0 Å². The number of aromatic hydroxyl groups is 1. The van der Waals surface area contributed by atoms with Gasteiger partial charge in [0.2, 0.25) is 0 Å². The van der Waals surface area contributed by atoms with Gasteiger partial charge in [-0.3, -0.25) is 9.71 Å². The van der Waals surface area contributed by atoms with Gasteiger partial charge in [-0.1, -0.05) is 18.2 Å². The number of aromatic nitrogens is 1. The Kier molecular flexibility index (Phi) is 4.60. The van der Waals surface area contributed by atoms with E-state index in [4.69, 9.17) is 4.74 Å². The molecule has 0 fully saturated rings. The predicted molar refractivity (Wildman–Crippen MR) is 94.0 cm³/mol. The molecule has 3 aromatic rings. The summed E-state index contributed by atoms with van der Waals surface area (Å²) in [7, 11) is -4.05. The molecule has 0 amide bonds. The Balaban J connectivity index is 1.91. The number of nitrogens with one attached hydrogen (secondary N) is 1. The zero-order chi connectivity index (χ0) is 19.8. The highest BCUT2D eigenvalue weighted by molar-refractivity contribution is 7.93. The van der Waals surface area contributed by atoms with Crippen molar-refractivity contribution in [3.8, 4) is 22.8 Å². The van der Waals surface area contributed by atoms with Crippen molar-refractivity contribution in [3.63, 3.8) is 0 Å². The number of hydrogen-bond acceptors (Lipinski definition) is 5. The van der Waals surface area contributed by atoms with Crippen LogP contribution in [0.15, 0.2) is 48.7 Å². The lowest BCUT2D eigenvalue weighted by Crippen LogP contribution is -2.29. The number of anilines is 1. The molecule has 142 valence electrons. The van der Waals surface area contributed by atoms with Crippen molar-refractivity contribution in [2.75, 3.05) is 11.8 Å². The Labute approximate surface area is 152 Å². The first kappa shape index (κ1) is 18.8. The number of rotatable bonds is 4. The highest BCUT2D eigenvalue weighted by Crippen LogP contribution is 2.35. The maximum absolute atomic E-state index is 12.4. The van der Waals surface area contributed by atoms with Crippen molar-refractivity contribution >= 4 is 26.5 Å². The summed E-state index contributed by atoms with van der Waals surface area (Å²) >= 11 is 0. The summed E-state index contributed by atoms with van der Waals surface area (Å²) in [5.41, 5.74) is -4.56. The highest BCUT2D eigenvalue weighted by Gasteiger charge is 2.46. The predicted octanol–water partition coefficient (Wildman–Crippen LogP) is 3.88. The number of halogens is 3. The molecule has 6 nitrogen and oxygen atoms in total. The summed E-state index contributed by atoms with van der Waals surface area (Å²) in [6, 6.07) is 10.3. The van der Waals surface area contributed by atoms with Crippen molar-refractivity contribution in [2.24, 2.45) is 0 Å². The fraction of sp³-hybridized carbons (Fsp3) is 0.118. The van der Waals surface area contributed by atoms with E-state index in [0.717, 1.165) is 0 Å². The molecule has 3 rings (SSSR count). The van der Waals surface area contributed by atoms with Crippen LogP contribution in [-0.2, 0) is 10.0 Å². The number of nitrogens with zero attached hydrogens (tertiary/aromatic N) is 1. The highest BCUT2D eigenvalue weighted by atomic mass is 32.2. The van der Waals surface area contributed by atoms with Gasteiger partial charge in [0.15, 0.2) is 11.5 Å². The molecule has 0 aliphatic heterocycles. The zero-order valence-corrected chi connectivity index (χ0v) is 14.6. The van der Waals surface area contributed by atoms with Crippen molar-refractivity contribution in [3.05, 3.63) is 48.7 Å². The number of hydrogen-bond donors (Lipinski definition) is 2. The molecule has 0 aliphatic carbocycles. The molecule has 0 aliphatic rings. The minimum Gasteiger partial charge on any atom is -0.504 e. The number of pyridine rings is 1. The normalized spacial score (nSPS) is 12.1. The van der Waals surface area contributed by atoms with Crippen LogP contribution in [0.1, 0.15) is 0 Å². The minimum absolute atomic E-state index is 0.0500. The lowest BCUT2D eigenvalue weighted by Gasteiger charge is -2.11. The Morgan fingerprint density at radius 1 is 1.11 bits per heavy atom. The quantitative estimate of drug-likeness (QED) is 0.696. The Bertz CT molecular complexity index is 1100. The van der Waals surface area contributed by atoms with E-state index in [1.54, 1.807) is 18.2 Å². The topological polar surface area (TPSA) is 88.5 Å². The van der Waals surface area contributed by atoms with Gasteiger partial charge in [-0.15, -0.1) is 0 Å². The lowest BCUT2D eigenvalue weighted by atomic mass is 10.1. The molecule has 0 radical (unpaired) electrons. The molecule has 0 saturated heterocycles. The van der Waals surface area contributed by atoms with Crippen LogP contribution in [0.25, 0.3) is 22.0 Å². The van der Waals surface area contributed by atoms with Crippen LogP contribution in [0.3, 0.4) is 0 Å². The Morgan fingerprint density at radius 3 is 2.37 bits per heavy atom. The number of phenolic OH excluding ortho intramolecular Hbond substituents is 1. The molecule has 0 atom stereocenters. The molecule has 1 aromatic heterocycles. The zero-order valence-electron chi connectivity index (χ0n) is 13.8. The van der Waals surface area contributed by atoms with E-state index in [2.05, 4.69) is 4.98 Å². The van der Waals surface area contributed by atoms with Gasteiger partial charge in [0.1, 0.15) is 0 Å². The largest absolute Gasteiger partial charge is 0.516 e. The number of benzene rings is 2. The maximum atomic E-state index is 12.4. The fourth-order valence-corrected chi connectivity index (χ4v) is 2.99. The fourth-order valence-electron chi connectivity index (χ4n) is 2.43. The summed E-state index contributed by atoms with van der Waals surface area (Å²) < 4.78 is 66.0. The van der Waals surface area contributed by atoms with E-state index in [9.17, 15) is 26.7 Å². The van der Waals surface area contributed by atoms with Gasteiger partial charge >= 0.3 is 15.5 Å². The molecule has 2 aromatic carbocycles. The van der Waals surface area contributed by atoms with Gasteiger partial charge in [-0.2, -0.15) is 21.6 Å². The van der Waals surface area contributed by atoms with Crippen LogP contribution in [0.4, 0.5) is 18.9 Å². The van der Waals surface area contributed by atoms with Crippen molar-refractivity contribution in [2.45, 2.75) is 5.51 Å². The van der Waals surface area contributed by atoms with Crippen LogP contribution in [0.5, 0.6) is 11.5 Å². The van der Waals surface area contributed by atoms with Crippen molar-refractivity contribution < 1.29 is 31.4 Å². The maximum Gasteiger partial charge on any atom is 0.516 e. The third-order valence-electron chi connectivity index (χ3n) is 3.80. The van der Waals surface area contributed by atoms with Gasteiger partial charge < -0.3 is 9.84 Å². The van der Waals surface area contributed by atoms with E-state index in [-0.39, 0.29) is 11.4 Å². The first-order chi connectivity index (χ1) is 12.6. The van der Waals surface area contributed by atoms with Crippen LogP contribution in [-0.4, -0.2) is 31.1 Å². The summed E-state index contributed by atoms with van der Waals surface area (Å²) in [4.78, 5) is 4.22. The lowest BCUT2D eigenvalue weighted by molar-refractivity contribution is -0.0429. The van der Waals surface area contributed by atoms with Crippen molar-refractivity contribution in [1.29, 1.82) is 0 Å². The minimum atomic E-state index is -5.47. The summed E-state index contributed by atoms with van der Waals surface area (Å²) in [5, 5.41) is 11.3. The van der Waals surface area contributed by atoms with E-state index >= 15 is 0 Å². The van der Waals surface area contributed by atoms with E-state index in [0.29, 0.717) is 27.8 Å². The second-order valence-electron chi connectivity index (χ2n) is 5.54. The van der Waals surface area contributed by atoms with Gasteiger partial charge in [-0.05, 0) is 29.7 Å². The Morgan fingerprint density at radius 2 is 1.78 bits per heavy atom. The number of fused-ring (bicyclic) bond motifs is 1. The average Bonchev–Trinajstić information content (AvgIpc) is 2.61. The number of alkyl halides is 3. The van der Waals surface area contributed by atoms with Gasteiger partial charge in [0, 0.05) is 22.8 Å². The summed E-state index contributed by atoms with van der Waals surface area (Å²) in [6.45, 7) is 0. The number of phenols is 1. The van der Waals surface area contributed by atoms with Crippen LogP contribution < -0.4 is 9.46 Å². The summed E-state index contributed by atoms with van der Waals surface area (Å²) in [5.74, 6) is 0.254. The standard InChI is InChI=1S/C17H13F3N2O4S/c1-26-15-7-4-11-8-14(21-9-13(11)16(15)23)10-2-5-12(6-3-10)22-27(24,25)17(18,19)20/h2-9,22-23H,1H3. The summed E-state index contributed by atoms with van der Waals surface area (Å²) in [6.07, 6.45) is 1.45. The molecular weight excluding hydrogens is 385 g/mol. The van der Waals surface area contributed by atoms with Crippen LogP contribution >= 0.6 is 0 Å².